The van der Waals surface area contributed by atoms with Gasteiger partial charge in [-0.2, -0.15) is 4.52 Å². The lowest BCUT2D eigenvalue weighted by molar-refractivity contribution is -0.116. The Morgan fingerprint density at radius 1 is 1.33 bits per heavy atom. The molecule has 21 heavy (non-hydrogen) atoms. The molecule has 3 aromatic rings. The van der Waals surface area contributed by atoms with Crippen LogP contribution in [0, 0.1) is 6.92 Å². The molecule has 108 valence electrons. The molecule has 0 radical (unpaired) electrons. The van der Waals surface area contributed by atoms with Crippen LogP contribution >= 0.6 is 11.3 Å². The molecule has 1 aromatic carbocycles. The van der Waals surface area contributed by atoms with Crippen molar-refractivity contribution in [1.29, 1.82) is 0 Å². The Labute approximate surface area is 125 Å². The van der Waals surface area contributed by atoms with E-state index in [1.165, 1.54) is 11.3 Å². The summed E-state index contributed by atoms with van der Waals surface area (Å²) in [7, 11) is 0. The van der Waals surface area contributed by atoms with Crippen LogP contribution in [0.2, 0.25) is 0 Å². The number of fused-ring (bicyclic) bond motifs is 1. The summed E-state index contributed by atoms with van der Waals surface area (Å²) in [6.07, 6.45) is 1.30. The Hall–Kier alpha value is -2.28. The summed E-state index contributed by atoms with van der Waals surface area (Å²) >= 11 is 1.32. The fraction of sp³-hybridized carbons (Fsp3) is 0.286. The summed E-state index contributed by atoms with van der Waals surface area (Å²) < 4.78 is 1.68. The molecule has 0 fully saturated rings. The highest BCUT2D eigenvalue weighted by Crippen LogP contribution is 2.26. The van der Waals surface area contributed by atoms with Crippen molar-refractivity contribution in [3.8, 4) is 11.4 Å². The topological polar surface area (TPSA) is 72.2 Å². The molecule has 2 heterocycles. The first-order chi connectivity index (χ1) is 10.2. The second-order valence-electron chi connectivity index (χ2n) is 4.74. The van der Waals surface area contributed by atoms with Crippen molar-refractivity contribution in [3.05, 3.63) is 29.8 Å². The summed E-state index contributed by atoms with van der Waals surface area (Å²) in [6, 6.07) is 7.95. The van der Waals surface area contributed by atoms with Crippen molar-refractivity contribution in [2.24, 2.45) is 0 Å². The maximum Gasteiger partial charge on any atom is 0.236 e. The normalized spacial score (nSPS) is 11.0. The lowest BCUT2D eigenvalue weighted by Gasteiger charge is -2.01. The number of benzene rings is 1. The molecule has 1 amide bonds. The minimum Gasteiger partial charge on any atom is -0.301 e. The van der Waals surface area contributed by atoms with Gasteiger partial charge >= 0.3 is 0 Å². The first kappa shape index (κ1) is 13.7. The number of carbonyl (C=O) groups excluding carboxylic acids is 1. The van der Waals surface area contributed by atoms with Crippen LogP contribution in [-0.2, 0) is 4.79 Å². The van der Waals surface area contributed by atoms with E-state index in [0.717, 1.165) is 17.5 Å². The number of amides is 1. The number of rotatable bonds is 4. The maximum absolute atomic E-state index is 11.6. The van der Waals surface area contributed by atoms with Crippen LogP contribution in [-0.4, -0.2) is 25.7 Å². The highest BCUT2D eigenvalue weighted by molar-refractivity contribution is 7.20. The van der Waals surface area contributed by atoms with Crippen molar-refractivity contribution in [2.75, 3.05) is 5.32 Å². The number of aromatic nitrogens is 4. The fourth-order valence-corrected chi connectivity index (χ4v) is 2.82. The minimum absolute atomic E-state index is 0.0279. The first-order valence-electron chi connectivity index (χ1n) is 6.77. The van der Waals surface area contributed by atoms with Crippen LogP contribution in [0.4, 0.5) is 5.13 Å². The molecular weight excluding hydrogens is 286 g/mol. The number of anilines is 1. The van der Waals surface area contributed by atoms with Gasteiger partial charge in [0.05, 0.1) is 0 Å². The molecule has 0 spiro atoms. The average molecular weight is 301 g/mol. The SMILES string of the molecule is CCCC(=O)Nc1nn2c(-c3ccccc3C)nnc2s1. The van der Waals surface area contributed by atoms with Crippen LogP contribution in [0.1, 0.15) is 25.3 Å². The third-order valence-corrected chi connectivity index (χ3v) is 3.91. The van der Waals surface area contributed by atoms with E-state index in [9.17, 15) is 4.79 Å². The molecule has 7 heteroatoms. The monoisotopic (exact) mass is 301 g/mol. The number of carbonyl (C=O) groups is 1. The van der Waals surface area contributed by atoms with Gasteiger partial charge in [-0.1, -0.05) is 42.5 Å². The summed E-state index contributed by atoms with van der Waals surface area (Å²) in [5, 5.41) is 16.1. The van der Waals surface area contributed by atoms with E-state index < -0.39 is 0 Å². The van der Waals surface area contributed by atoms with E-state index in [1.54, 1.807) is 4.52 Å². The van der Waals surface area contributed by atoms with Gasteiger partial charge in [-0.15, -0.1) is 15.3 Å². The molecule has 0 aliphatic carbocycles. The van der Waals surface area contributed by atoms with E-state index in [-0.39, 0.29) is 5.91 Å². The molecule has 6 nitrogen and oxygen atoms in total. The summed E-state index contributed by atoms with van der Waals surface area (Å²) in [5.74, 6) is 0.662. The molecule has 0 saturated carbocycles. The van der Waals surface area contributed by atoms with E-state index in [2.05, 4.69) is 20.6 Å². The van der Waals surface area contributed by atoms with Crippen molar-refractivity contribution >= 4 is 27.3 Å². The molecule has 3 rings (SSSR count). The molecular formula is C14H15N5OS. The summed E-state index contributed by atoms with van der Waals surface area (Å²) in [5.41, 5.74) is 2.10. The quantitative estimate of drug-likeness (QED) is 0.804. The van der Waals surface area contributed by atoms with Gasteiger partial charge in [-0.25, -0.2) is 0 Å². The van der Waals surface area contributed by atoms with E-state index >= 15 is 0 Å². The number of nitrogens with zero attached hydrogens (tertiary/aromatic N) is 4. The maximum atomic E-state index is 11.6. The van der Waals surface area contributed by atoms with Gasteiger partial charge in [-0.05, 0) is 18.9 Å². The highest BCUT2D eigenvalue weighted by Gasteiger charge is 2.15. The van der Waals surface area contributed by atoms with Crippen molar-refractivity contribution in [3.63, 3.8) is 0 Å². The Morgan fingerprint density at radius 3 is 2.90 bits per heavy atom. The Morgan fingerprint density at radius 2 is 2.14 bits per heavy atom. The lowest BCUT2D eigenvalue weighted by Crippen LogP contribution is -2.10. The predicted octanol–water partition coefficient (Wildman–Crippen LogP) is 2.90. The fourth-order valence-electron chi connectivity index (χ4n) is 2.07. The second kappa shape index (κ2) is 5.61. The van der Waals surface area contributed by atoms with Crippen LogP contribution < -0.4 is 5.32 Å². The van der Waals surface area contributed by atoms with Crippen molar-refractivity contribution < 1.29 is 4.79 Å². The third kappa shape index (κ3) is 2.64. The van der Waals surface area contributed by atoms with Crippen molar-refractivity contribution in [2.45, 2.75) is 26.7 Å². The van der Waals surface area contributed by atoms with Crippen LogP contribution in [0.25, 0.3) is 16.3 Å². The van der Waals surface area contributed by atoms with Gasteiger partial charge in [-0.3, -0.25) is 4.79 Å². The second-order valence-corrected chi connectivity index (χ2v) is 5.69. The smallest absolute Gasteiger partial charge is 0.236 e. The molecule has 0 bridgehead atoms. The Balaban J connectivity index is 1.97. The molecule has 0 unspecified atom stereocenters. The van der Waals surface area contributed by atoms with Gasteiger partial charge in [0.25, 0.3) is 0 Å². The first-order valence-corrected chi connectivity index (χ1v) is 7.58. The molecule has 1 N–H and O–H groups in total. The number of hydrogen-bond donors (Lipinski definition) is 1. The standard InChI is InChI=1S/C14H15N5OS/c1-3-6-11(20)15-13-18-19-12(16-17-14(19)21-13)10-8-5-4-7-9(10)2/h4-5,7-8H,3,6H2,1-2H3,(H,15,18,20). The van der Waals surface area contributed by atoms with E-state index in [1.807, 2.05) is 38.1 Å². The minimum atomic E-state index is -0.0279. The van der Waals surface area contributed by atoms with Gasteiger partial charge < -0.3 is 5.32 Å². The molecule has 0 atom stereocenters. The summed E-state index contributed by atoms with van der Waals surface area (Å²) in [4.78, 5) is 12.3. The zero-order chi connectivity index (χ0) is 14.8. The Kier molecular flexibility index (Phi) is 3.66. The predicted molar refractivity (Wildman–Crippen MR) is 82.4 cm³/mol. The Bertz CT molecular complexity index is 792. The highest BCUT2D eigenvalue weighted by atomic mass is 32.1. The average Bonchev–Trinajstić information content (AvgIpc) is 2.99. The van der Waals surface area contributed by atoms with E-state index in [0.29, 0.717) is 22.3 Å². The molecule has 0 aliphatic heterocycles. The number of aryl methyl sites for hydroxylation is 1. The van der Waals surface area contributed by atoms with Gasteiger partial charge in [0.15, 0.2) is 5.82 Å². The molecule has 0 aliphatic rings. The van der Waals surface area contributed by atoms with Crippen LogP contribution in [0.5, 0.6) is 0 Å². The number of nitrogens with one attached hydrogen (secondary N) is 1. The summed E-state index contributed by atoms with van der Waals surface area (Å²) in [6.45, 7) is 3.99. The zero-order valence-corrected chi connectivity index (χ0v) is 12.6. The van der Waals surface area contributed by atoms with Gasteiger partial charge in [0.1, 0.15) is 0 Å². The lowest BCUT2D eigenvalue weighted by atomic mass is 10.1. The number of hydrogen-bond acceptors (Lipinski definition) is 5. The van der Waals surface area contributed by atoms with E-state index in [4.69, 9.17) is 0 Å². The molecule has 0 saturated heterocycles. The van der Waals surface area contributed by atoms with Gasteiger partial charge in [0, 0.05) is 12.0 Å². The largest absolute Gasteiger partial charge is 0.301 e. The zero-order valence-electron chi connectivity index (χ0n) is 11.8. The van der Waals surface area contributed by atoms with Crippen molar-refractivity contribution in [1.82, 2.24) is 19.8 Å². The van der Waals surface area contributed by atoms with Gasteiger partial charge in [0.2, 0.25) is 16.0 Å². The molecule has 2 aromatic heterocycles. The van der Waals surface area contributed by atoms with Crippen LogP contribution in [0.15, 0.2) is 24.3 Å². The van der Waals surface area contributed by atoms with Crippen LogP contribution in [0.3, 0.4) is 0 Å². The third-order valence-electron chi connectivity index (χ3n) is 3.10.